The third-order valence-corrected chi connectivity index (χ3v) is 5.56. The van der Waals surface area contributed by atoms with E-state index >= 15 is 0 Å². The van der Waals surface area contributed by atoms with Crippen LogP contribution in [-0.4, -0.2) is 35.1 Å². The summed E-state index contributed by atoms with van der Waals surface area (Å²) >= 11 is 1.75. The summed E-state index contributed by atoms with van der Waals surface area (Å²) in [5.41, 5.74) is 1.24. The third-order valence-electron chi connectivity index (χ3n) is 4.57. The average molecular weight is 308 g/mol. The monoisotopic (exact) mass is 308 g/mol. The Hall–Kier alpha value is -1.56. The molecule has 0 saturated carbocycles. The number of aryl methyl sites for hydroxylation is 1. The number of amides is 2. The highest BCUT2D eigenvalue weighted by Crippen LogP contribution is 2.33. The number of carbonyl (C=O) groups is 2. The first-order valence-corrected chi connectivity index (χ1v) is 8.28. The highest BCUT2D eigenvalue weighted by molar-refractivity contribution is 7.10. The number of likely N-dealkylation sites (tertiary alicyclic amines) is 1. The van der Waals surface area contributed by atoms with Gasteiger partial charge in [-0.25, -0.2) is 4.79 Å². The number of urea groups is 1. The lowest BCUT2D eigenvalue weighted by Crippen LogP contribution is -2.41. The second-order valence-electron chi connectivity index (χ2n) is 6.02. The van der Waals surface area contributed by atoms with Gasteiger partial charge in [-0.3, -0.25) is 4.79 Å². The van der Waals surface area contributed by atoms with Crippen LogP contribution in [0.3, 0.4) is 0 Å². The van der Waals surface area contributed by atoms with Crippen molar-refractivity contribution in [1.82, 2.24) is 10.2 Å². The zero-order valence-electron chi connectivity index (χ0n) is 12.0. The van der Waals surface area contributed by atoms with Crippen molar-refractivity contribution >= 4 is 23.3 Å². The highest BCUT2D eigenvalue weighted by Gasteiger charge is 2.37. The fourth-order valence-electron chi connectivity index (χ4n) is 3.33. The van der Waals surface area contributed by atoms with Crippen LogP contribution in [0.25, 0.3) is 0 Å². The van der Waals surface area contributed by atoms with E-state index in [9.17, 15) is 9.59 Å². The number of carbonyl (C=O) groups excluding carboxylic acids is 1. The number of aliphatic carboxylic acids is 1. The second kappa shape index (κ2) is 5.67. The Morgan fingerprint density at radius 1 is 1.43 bits per heavy atom. The van der Waals surface area contributed by atoms with Gasteiger partial charge in [0.25, 0.3) is 0 Å². The first-order valence-electron chi connectivity index (χ1n) is 7.40. The molecule has 1 saturated heterocycles. The molecule has 3 unspecified atom stereocenters. The molecule has 0 radical (unpaired) electrons. The van der Waals surface area contributed by atoms with Gasteiger partial charge in [0.2, 0.25) is 0 Å². The summed E-state index contributed by atoms with van der Waals surface area (Å²) in [5, 5.41) is 14.3. The van der Waals surface area contributed by atoms with Gasteiger partial charge in [0.15, 0.2) is 0 Å². The van der Waals surface area contributed by atoms with Gasteiger partial charge in [-0.1, -0.05) is 6.92 Å². The Morgan fingerprint density at radius 2 is 2.24 bits per heavy atom. The fraction of sp³-hybridized carbons (Fsp3) is 0.600. The van der Waals surface area contributed by atoms with E-state index in [0.29, 0.717) is 13.1 Å². The molecular weight excluding hydrogens is 288 g/mol. The van der Waals surface area contributed by atoms with Crippen LogP contribution in [0.5, 0.6) is 0 Å². The lowest BCUT2D eigenvalue weighted by molar-refractivity contribution is -0.142. The number of nitrogens with one attached hydrogen (secondary N) is 1. The SMILES string of the molecule is CC1CN(C(=O)NC2CCCc3sccc32)CC1C(=O)O. The van der Waals surface area contributed by atoms with Crippen molar-refractivity contribution in [3.8, 4) is 0 Å². The molecule has 3 atom stereocenters. The van der Waals surface area contributed by atoms with Gasteiger partial charge >= 0.3 is 12.0 Å². The van der Waals surface area contributed by atoms with Gasteiger partial charge in [0, 0.05) is 18.0 Å². The van der Waals surface area contributed by atoms with Crippen LogP contribution in [-0.2, 0) is 11.2 Å². The first-order chi connectivity index (χ1) is 10.1. The van der Waals surface area contributed by atoms with Gasteiger partial charge in [-0.15, -0.1) is 11.3 Å². The molecule has 2 N–H and O–H groups in total. The second-order valence-corrected chi connectivity index (χ2v) is 7.02. The van der Waals surface area contributed by atoms with Crippen LogP contribution in [0.15, 0.2) is 11.4 Å². The molecule has 5 nitrogen and oxygen atoms in total. The minimum atomic E-state index is -0.810. The molecule has 2 aliphatic rings. The molecule has 1 aliphatic heterocycles. The lowest BCUT2D eigenvalue weighted by atomic mass is 9.94. The van der Waals surface area contributed by atoms with E-state index in [-0.39, 0.29) is 18.0 Å². The van der Waals surface area contributed by atoms with Crippen molar-refractivity contribution in [1.29, 1.82) is 0 Å². The van der Waals surface area contributed by atoms with Crippen LogP contribution in [0.2, 0.25) is 0 Å². The predicted molar refractivity (Wildman–Crippen MR) is 80.4 cm³/mol. The third kappa shape index (κ3) is 2.77. The van der Waals surface area contributed by atoms with E-state index < -0.39 is 11.9 Å². The average Bonchev–Trinajstić information content (AvgIpc) is 3.05. The Labute approximate surface area is 128 Å². The van der Waals surface area contributed by atoms with Gasteiger partial charge in [0.1, 0.15) is 0 Å². The lowest BCUT2D eigenvalue weighted by Gasteiger charge is -2.26. The minimum Gasteiger partial charge on any atom is -0.481 e. The summed E-state index contributed by atoms with van der Waals surface area (Å²) < 4.78 is 0. The smallest absolute Gasteiger partial charge is 0.317 e. The largest absolute Gasteiger partial charge is 0.481 e. The maximum atomic E-state index is 12.4. The Balaban J connectivity index is 1.65. The van der Waals surface area contributed by atoms with E-state index in [0.717, 1.165) is 19.3 Å². The van der Waals surface area contributed by atoms with Gasteiger partial charge < -0.3 is 15.3 Å². The number of carboxylic acids is 1. The van der Waals surface area contributed by atoms with E-state index in [1.54, 1.807) is 16.2 Å². The summed E-state index contributed by atoms with van der Waals surface area (Å²) in [6.07, 6.45) is 3.15. The summed E-state index contributed by atoms with van der Waals surface area (Å²) in [6.45, 7) is 2.72. The van der Waals surface area contributed by atoms with Crippen molar-refractivity contribution in [3.63, 3.8) is 0 Å². The summed E-state index contributed by atoms with van der Waals surface area (Å²) in [7, 11) is 0. The highest BCUT2D eigenvalue weighted by atomic mass is 32.1. The number of hydrogen-bond donors (Lipinski definition) is 2. The van der Waals surface area contributed by atoms with Crippen molar-refractivity contribution in [2.24, 2.45) is 11.8 Å². The van der Waals surface area contributed by atoms with Gasteiger partial charge in [-0.2, -0.15) is 0 Å². The fourth-order valence-corrected chi connectivity index (χ4v) is 4.32. The van der Waals surface area contributed by atoms with E-state index in [4.69, 9.17) is 5.11 Å². The molecular formula is C15H20N2O3S. The van der Waals surface area contributed by atoms with E-state index in [2.05, 4.69) is 16.8 Å². The topological polar surface area (TPSA) is 69.6 Å². The zero-order valence-corrected chi connectivity index (χ0v) is 12.9. The normalized spacial score (nSPS) is 28.2. The molecule has 3 rings (SSSR count). The quantitative estimate of drug-likeness (QED) is 0.882. The number of nitrogens with zero attached hydrogens (tertiary/aromatic N) is 1. The number of carboxylic acid groups (broad SMARTS) is 1. The molecule has 1 fully saturated rings. The van der Waals surface area contributed by atoms with Crippen molar-refractivity contribution in [2.75, 3.05) is 13.1 Å². The number of hydrogen-bond acceptors (Lipinski definition) is 3. The maximum Gasteiger partial charge on any atom is 0.317 e. The van der Waals surface area contributed by atoms with Crippen molar-refractivity contribution in [2.45, 2.75) is 32.2 Å². The number of fused-ring (bicyclic) bond motifs is 1. The molecule has 6 heteroatoms. The maximum absolute atomic E-state index is 12.4. The summed E-state index contributed by atoms with van der Waals surface area (Å²) in [5.74, 6) is -1.24. The Bertz CT molecular complexity index is 557. The van der Waals surface area contributed by atoms with Crippen LogP contribution in [0.1, 0.15) is 36.2 Å². The molecule has 0 bridgehead atoms. The van der Waals surface area contributed by atoms with E-state index in [1.165, 1.54) is 10.4 Å². The number of rotatable bonds is 2. The van der Waals surface area contributed by atoms with Crippen LogP contribution in [0.4, 0.5) is 4.79 Å². The minimum absolute atomic E-state index is 0.0105. The van der Waals surface area contributed by atoms with Gasteiger partial charge in [0.05, 0.1) is 12.0 Å². The standard InChI is InChI=1S/C15H20N2O3S/c1-9-7-17(8-11(9)14(18)19)15(20)16-12-3-2-4-13-10(12)5-6-21-13/h5-6,9,11-12H,2-4,7-8H2,1H3,(H,16,20)(H,18,19). The van der Waals surface area contributed by atoms with Crippen molar-refractivity contribution < 1.29 is 14.7 Å². The van der Waals surface area contributed by atoms with Crippen LogP contribution >= 0.6 is 11.3 Å². The molecule has 0 aromatic carbocycles. The molecule has 0 spiro atoms. The molecule has 21 heavy (non-hydrogen) atoms. The zero-order chi connectivity index (χ0) is 15.0. The molecule has 1 aliphatic carbocycles. The molecule has 1 aromatic heterocycles. The molecule has 114 valence electrons. The van der Waals surface area contributed by atoms with Gasteiger partial charge in [-0.05, 0) is 42.2 Å². The number of thiophene rings is 1. The van der Waals surface area contributed by atoms with Crippen LogP contribution < -0.4 is 5.32 Å². The van der Waals surface area contributed by atoms with E-state index in [1.807, 2.05) is 6.92 Å². The molecule has 2 amide bonds. The summed E-state index contributed by atoms with van der Waals surface area (Å²) in [6, 6.07) is 2.04. The Morgan fingerprint density at radius 3 is 2.95 bits per heavy atom. The molecule has 2 heterocycles. The first kappa shape index (κ1) is 14.4. The predicted octanol–water partition coefficient (Wildman–Crippen LogP) is 2.49. The Kier molecular flexibility index (Phi) is 3.89. The summed E-state index contributed by atoms with van der Waals surface area (Å²) in [4.78, 5) is 26.5. The van der Waals surface area contributed by atoms with Crippen LogP contribution in [0, 0.1) is 11.8 Å². The molecule has 1 aromatic rings. The van der Waals surface area contributed by atoms with Crippen molar-refractivity contribution in [3.05, 3.63) is 21.9 Å².